The van der Waals surface area contributed by atoms with E-state index in [9.17, 15) is 0 Å². The van der Waals surface area contributed by atoms with Crippen LogP contribution in [0.15, 0.2) is 46.0 Å². The van der Waals surface area contributed by atoms with E-state index in [-0.39, 0.29) is 30.0 Å². The van der Waals surface area contributed by atoms with E-state index < -0.39 is 0 Å². The molecular weight excluding hydrogens is 459 g/mol. The second kappa shape index (κ2) is 11.7. The molecule has 0 aliphatic carbocycles. The van der Waals surface area contributed by atoms with Crippen molar-refractivity contribution in [2.24, 2.45) is 4.99 Å². The first-order valence-electron chi connectivity index (χ1n) is 8.56. The second-order valence-electron chi connectivity index (χ2n) is 5.91. The predicted molar refractivity (Wildman–Crippen MR) is 120 cm³/mol. The number of furan rings is 1. The molecule has 1 unspecified atom stereocenters. The standard InChI is InChI=1S/C19H28N4O3.HI/c1-6-20-19(21-13-15(23(2)3)16-8-7-11-26-16)22-14-9-10-17(24-4)18(12-14)25-5;/h7-12,15H,6,13H2,1-5H3,(H2,20,21,22);1H. The highest BCUT2D eigenvalue weighted by atomic mass is 127. The van der Waals surface area contributed by atoms with Crippen molar-refractivity contribution in [3.8, 4) is 11.5 Å². The van der Waals surface area contributed by atoms with Crippen LogP contribution in [0.5, 0.6) is 11.5 Å². The van der Waals surface area contributed by atoms with E-state index in [0.717, 1.165) is 18.0 Å². The van der Waals surface area contributed by atoms with Gasteiger partial charge < -0.3 is 24.5 Å². The third kappa shape index (κ3) is 6.62. The number of aliphatic imine (C=N–C) groups is 1. The maximum absolute atomic E-state index is 5.54. The van der Waals surface area contributed by atoms with Crippen LogP contribution in [-0.2, 0) is 0 Å². The van der Waals surface area contributed by atoms with Crippen molar-refractivity contribution < 1.29 is 13.9 Å². The normalized spacial score (nSPS) is 12.3. The van der Waals surface area contributed by atoms with Crippen LogP contribution in [0.1, 0.15) is 18.7 Å². The molecule has 1 heterocycles. The number of hydrogen-bond acceptors (Lipinski definition) is 5. The van der Waals surface area contributed by atoms with Crippen LogP contribution in [0.25, 0.3) is 0 Å². The van der Waals surface area contributed by atoms with Crippen LogP contribution in [-0.4, -0.2) is 52.3 Å². The van der Waals surface area contributed by atoms with Crippen molar-refractivity contribution in [2.45, 2.75) is 13.0 Å². The quantitative estimate of drug-likeness (QED) is 0.336. The number of anilines is 1. The van der Waals surface area contributed by atoms with Crippen molar-refractivity contribution in [3.63, 3.8) is 0 Å². The highest BCUT2D eigenvalue weighted by Gasteiger charge is 2.16. The number of guanidine groups is 1. The number of methoxy groups -OCH3 is 2. The van der Waals surface area contributed by atoms with Gasteiger partial charge in [-0.1, -0.05) is 0 Å². The maximum atomic E-state index is 5.54. The Balaban J connectivity index is 0.00000364. The van der Waals surface area contributed by atoms with Gasteiger partial charge in [0.1, 0.15) is 5.76 Å². The highest BCUT2D eigenvalue weighted by molar-refractivity contribution is 14.0. The number of ether oxygens (including phenoxy) is 2. The summed E-state index contributed by atoms with van der Waals surface area (Å²) in [7, 11) is 7.26. The minimum Gasteiger partial charge on any atom is -0.493 e. The summed E-state index contributed by atoms with van der Waals surface area (Å²) >= 11 is 0. The van der Waals surface area contributed by atoms with Crippen LogP contribution in [0.2, 0.25) is 0 Å². The average molecular weight is 488 g/mol. The van der Waals surface area contributed by atoms with Crippen molar-refractivity contribution in [1.82, 2.24) is 10.2 Å². The van der Waals surface area contributed by atoms with E-state index in [1.165, 1.54) is 0 Å². The molecule has 8 heteroatoms. The summed E-state index contributed by atoms with van der Waals surface area (Å²) in [6, 6.07) is 9.57. The Morgan fingerprint density at radius 1 is 1.19 bits per heavy atom. The Labute approximate surface area is 178 Å². The average Bonchev–Trinajstić information content (AvgIpc) is 3.15. The summed E-state index contributed by atoms with van der Waals surface area (Å²) in [5.41, 5.74) is 0.863. The zero-order valence-corrected chi connectivity index (χ0v) is 18.8. The summed E-state index contributed by atoms with van der Waals surface area (Å²) in [5.74, 6) is 2.93. The molecule has 1 atom stereocenters. The lowest BCUT2D eigenvalue weighted by molar-refractivity contribution is 0.265. The largest absolute Gasteiger partial charge is 0.493 e. The minimum absolute atomic E-state index is 0. The number of nitrogens with one attached hydrogen (secondary N) is 2. The van der Waals surface area contributed by atoms with Gasteiger partial charge in [-0.2, -0.15) is 0 Å². The topological polar surface area (TPSA) is 71.3 Å². The van der Waals surface area contributed by atoms with E-state index in [0.29, 0.717) is 24.0 Å². The molecule has 0 fully saturated rings. The highest BCUT2D eigenvalue weighted by Crippen LogP contribution is 2.29. The van der Waals surface area contributed by atoms with Gasteiger partial charge in [-0.15, -0.1) is 24.0 Å². The third-order valence-corrected chi connectivity index (χ3v) is 3.91. The molecule has 7 nitrogen and oxygen atoms in total. The Morgan fingerprint density at radius 2 is 1.93 bits per heavy atom. The zero-order valence-electron chi connectivity index (χ0n) is 16.5. The lowest BCUT2D eigenvalue weighted by Gasteiger charge is -2.21. The minimum atomic E-state index is 0. The van der Waals surface area contributed by atoms with E-state index in [2.05, 4.69) is 15.5 Å². The van der Waals surface area contributed by atoms with Crippen LogP contribution < -0.4 is 20.1 Å². The van der Waals surface area contributed by atoms with Crippen molar-refractivity contribution >= 4 is 35.6 Å². The number of halogens is 1. The lowest BCUT2D eigenvalue weighted by Crippen LogP contribution is -2.32. The molecular formula is C19H29IN4O3. The Morgan fingerprint density at radius 3 is 2.48 bits per heavy atom. The molecule has 1 aromatic heterocycles. The summed E-state index contributed by atoms with van der Waals surface area (Å²) < 4.78 is 16.2. The molecule has 2 rings (SSSR count). The van der Waals surface area contributed by atoms with Gasteiger partial charge >= 0.3 is 0 Å². The fourth-order valence-electron chi connectivity index (χ4n) is 2.52. The smallest absolute Gasteiger partial charge is 0.195 e. The Bertz CT molecular complexity index is 705. The van der Waals surface area contributed by atoms with E-state index >= 15 is 0 Å². The fourth-order valence-corrected chi connectivity index (χ4v) is 2.52. The van der Waals surface area contributed by atoms with Gasteiger partial charge in [-0.3, -0.25) is 9.89 Å². The van der Waals surface area contributed by atoms with Crippen molar-refractivity contribution in [3.05, 3.63) is 42.4 Å². The van der Waals surface area contributed by atoms with E-state index in [1.807, 2.05) is 51.4 Å². The van der Waals surface area contributed by atoms with Gasteiger partial charge in [-0.25, -0.2) is 0 Å². The van der Waals surface area contributed by atoms with Gasteiger partial charge in [0.05, 0.1) is 33.1 Å². The van der Waals surface area contributed by atoms with Gasteiger partial charge in [-0.05, 0) is 45.3 Å². The summed E-state index contributed by atoms with van der Waals surface area (Å²) in [5, 5.41) is 6.55. The molecule has 0 radical (unpaired) electrons. The first-order chi connectivity index (χ1) is 12.6. The molecule has 2 N–H and O–H groups in total. The molecule has 0 amide bonds. The van der Waals surface area contributed by atoms with Crippen LogP contribution in [0.4, 0.5) is 5.69 Å². The van der Waals surface area contributed by atoms with Gasteiger partial charge in [0.2, 0.25) is 0 Å². The Hall–Kier alpha value is -1.94. The molecule has 0 saturated heterocycles. The molecule has 150 valence electrons. The molecule has 27 heavy (non-hydrogen) atoms. The zero-order chi connectivity index (χ0) is 18.9. The van der Waals surface area contributed by atoms with Crippen molar-refractivity contribution in [1.29, 1.82) is 0 Å². The van der Waals surface area contributed by atoms with Gasteiger partial charge in [0.25, 0.3) is 0 Å². The monoisotopic (exact) mass is 488 g/mol. The summed E-state index contributed by atoms with van der Waals surface area (Å²) in [6.45, 7) is 3.34. The molecule has 0 saturated carbocycles. The number of likely N-dealkylation sites (N-methyl/N-ethyl adjacent to an activating group) is 1. The lowest BCUT2D eigenvalue weighted by atomic mass is 10.2. The van der Waals surface area contributed by atoms with Crippen molar-refractivity contribution in [2.75, 3.05) is 46.7 Å². The number of benzene rings is 1. The number of nitrogens with zero attached hydrogens (tertiary/aromatic N) is 2. The molecule has 2 aromatic rings. The fraction of sp³-hybridized carbons (Fsp3) is 0.421. The third-order valence-electron chi connectivity index (χ3n) is 3.91. The molecule has 1 aromatic carbocycles. The number of hydrogen-bond donors (Lipinski definition) is 2. The Kier molecular flexibility index (Phi) is 10.0. The molecule has 0 spiro atoms. The van der Waals surface area contributed by atoms with Crippen LogP contribution in [0, 0.1) is 0 Å². The summed E-state index contributed by atoms with van der Waals surface area (Å²) in [4.78, 5) is 6.79. The SMILES string of the molecule is CCNC(=NCC(c1ccco1)N(C)C)Nc1ccc(OC)c(OC)c1.I. The van der Waals surface area contributed by atoms with Crippen LogP contribution >= 0.6 is 24.0 Å². The first-order valence-corrected chi connectivity index (χ1v) is 8.56. The summed E-state index contributed by atoms with van der Waals surface area (Å²) in [6.07, 6.45) is 1.68. The van der Waals surface area contributed by atoms with E-state index in [4.69, 9.17) is 18.9 Å². The van der Waals surface area contributed by atoms with Gasteiger partial charge in [0.15, 0.2) is 17.5 Å². The molecule has 0 aliphatic heterocycles. The number of rotatable bonds is 8. The first kappa shape index (κ1) is 23.1. The predicted octanol–water partition coefficient (Wildman–Crippen LogP) is 3.60. The van der Waals surface area contributed by atoms with Gasteiger partial charge in [0, 0.05) is 18.3 Å². The molecule has 0 bridgehead atoms. The second-order valence-corrected chi connectivity index (χ2v) is 5.91. The molecule has 0 aliphatic rings. The van der Waals surface area contributed by atoms with Crippen LogP contribution in [0.3, 0.4) is 0 Å². The maximum Gasteiger partial charge on any atom is 0.195 e. The van der Waals surface area contributed by atoms with E-state index in [1.54, 1.807) is 20.5 Å².